The molecule has 1 aromatic heterocycles. The number of halogens is 1. The van der Waals surface area contributed by atoms with Gasteiger partial charge in [-0.2, -0.15) is 0 Å². The number of benzene rings is 3. The standard InChI is InChI=1S/C28H29IN6/c1-19-27(34-20(2)32(4)22-15-9-11-17-24(22)34)30-26(21-13-7-6-8-14-21)31-28(19)35-25-18-12-10-16-23(25)33(5)29(35)3/h6-18,20H,1-5H3/t20-/m0/s1. The molecule has 3 aromatic carbocycles. The normalized spacial score (nSPS) is 17.7. The van der Waals surface area contributed by atoms with Crippen molar-refractivity contribution in [1.29, 1.82) is 0 Å². The van der Waals surface area contributed by atoms with Crippen LogP contribution in [-0.4, -0.2) is 35.2 Å². The number of hydrogen-bond acceptors (Lipinski definition) is 6. The monoisotopic (exact) mass is 576 g/mol. The fraction of sp³-hybridized carbons (Fsp3) is 0.214. The Balaban J connectivity index is 1.60. The zero-order valence-electron chi connectivity index (χ0n) is 20.6. The maximum absolute atomic E-state index is 5.23. The van der Waals surface area contributed by atoms with Gasteiger partial charge < -0.3 is 0 Å². The van der Waals surface area contributed by atoms with E-state index in [4.69, 9.17) is 9.97 Å². The van der Waals surface area contributed by atoms with Gasteiger partial charge in [0.25, 0.3) is 0 Å². The molecule has 0 saturated carbocycles. The summed E-state index contributed by atoms with van der Waals surface area (Å²) in [7, 11) is 4.37. The first-order valence-corrected chi connectivity index (χ1v) is 15.8. The van der Waals surface area contributed by atoms with Crippen LogP contribution in [0.1, 0.15) is 12.5 Å². The maximum atomic E-state index is 5.23. The van der Waals surface area contributed by atoms with Crippen molar-refractivity contribution in [3.05, 3.63) is 84.4 Å². The topological polar surface area (TPSA) is 38.7 Å². The number of para-hydroxylation sites is 4. The minimum absolute atomic E-state index is 0.141. The zero-order valence-corrected chi connectivity index (χ0v) is 22.8. The van der Waals surface area contributed by atoms with Gasteiger partial charge >= 0.3 is 216 Å². The van der Waals surface area contributed by atoms with Crippen LogP contribution in [0.3, 0.4) is 0 Å². The van der Waals surface area contributed by atoms with Crippen LogP contribution in [0.2, 0.25) is 0 Å². The minimum atomic E-state index is -1.73. The summed E-state index contributed by atoms with van der Waals surface area (Å²) in [6, 6.07) is 27.6. The molecule has 0 spiro atoms. The first kappa shape index (κ1) is 22.2. The second-order valence-corrected chi connectivity index (χ2v) is 13.7. The quantitative estimate of drug-likeness (QED) is 0.150. The van der Waals surface area contributed by atoms with Gasteiger partial charge in [-0.1, -0.05) is 0 Å². The van der Waals surface area contributed by atoms with E-state index in [9.17, 15) is 0 Å². The summed E-state index contributed by atoms with van der Waals surface area (Å²) >= 11 is -1.73. The fourth-order valence-corrected chi connectivity index (χ4v) is 9.06. The molecule has 178 valence electrons. The molecule has 0 unspecified atom stereocenters. The third kappa shape index (κ3) is 3.36. The number of fused-ring (bicyclic) bond motifs is 2. The molecular formula is C28H29IN6. The summed E-state index contributed by atoms with van der Waals surface area (Å²) < 4.78 is 4.97. The third-order valence-corrected chi connectivity index (χ3v) is 12.0. The molecule has 0 fully saturated rings. The number of nitrogens with zero attached hydrogens (tertiary/aromatic N) is 6. The third-order valence-electron chi connectivity index (χ3n) is 7.03. The molecule has 7 heteroatoms. The van der Waals surface area contributed by atoms with Crippen molar-refractivity contribution < 1.29 is 0 Å². The second kappa shape index (κ2) is 8.41. The van der Waals surface area contributed by atoms with Crippen LogP contribution in [0.4, 0.5) is 34.4 Å². The zero-order chi connectivity index (χ0) is 24.3. The molecular weight excluding hydrogens is 547 g/mol. The van der Waals surface area contributed by atoms with Crippen molar-refractivity contribution in [2.45, 2.75) is 20.0 Å². The molecule has 2 aliphatic heterocycles. The summed E-state index contributed by atoms with van der Waals surface area (Å²) in [5.41, 5.74) is 7.05. The number of anilines is 6. The average Bonchev–Trinajstić information content (AvgIpc) is 3.30. The van der Waals surface area contributed by atoms with Gasteiger partial charge in [-0.05, 0) is 0 Å². The van der Waals surface area contributed by atoms with Gasteiger partial charge in [-0.15, -0.1) is 0 Å². The number of rotatable bonds is 3. The van der Waals surface area contributed by atoms with Gasteiger partial charge in [0, 0.05) is 0 Å². The predicted molar refractivity (Wildman–Crippen MR) is 156 cm³/mol. The van der Waals surface area contributed by atoms with E-state index in [1.165, 1.54) is 22.7 Å². The van der Waals surface area contributed by atoms with E-state index in [0.717, 1.165) is 28.6 Å². The van der Waals surface area contributed by atoms with Gasteiger partial charge in [-0.25, -0.2) is 0 Å². The number of alkyl halides is 1. The van der Waals surface area contributed by atoms with Crippen LogP contribution in [0, 0.1) is 6.92 Å². The Bertz CT molecular complexity index is 1320. The van der Waals surface area contributed by atoms with E-state index in [-0.39, 0.29) is 6.17 Å². The Kier molecular flexibility index (Phi) is 5.32. The number of hydrogen-bond donors (Lipinski definition) is 0. The summed E-state index contributed by atoms with van der Waals surface area (Å²) in [6.45, 7) is 4.42. The molecule has 2 aliphatic rings. The second-order valence-electron chi connectivity index (χ2n) is 8.95. The Morgan fingerprint density at radius 3 is 2.00 bits per heavy atom. The summed E-state index contributed by atoms with van der Waals surface area (Å²) in [4.78, 5) is 17.5. The van der Waals surface area contributed by atoms with Crippen LogP contribution in [-0.2, 0) is 0 Å². The Hall–Kier alpha value is -3.33. The summed E-state index contributed by atoms with van der Waals surface area (Å²) in [5.74, 6) is 2.74. The summed E-state index contributed by atoms with van der Waals surface area (Å²) in [6.07, 6.45) is 0.141. The Labute approximate surface area is 214 Å². The van der Waals surface area contributed by atoms with Crippen molar-refractivity contribution in [2.24, 2.45) is 0 Å². The van der Waals surface area contributed by atoms with Crippen LogP contribution < -0.4 is 16.0 Å². The van der Waals surface area contributed by atoms with E-state index >= 15 is 0 Å². The molecule has 0 amide bonds. The molecule has 0 radical (unpaired) electrons. The molecule has 0 N–H and O–H groups in total. The van der Waals surface area contributed by atoms with Crippen LogP contribution >= 0.6 is 20.4 Å². The van der Waals surface area contributed by atoms with Crippen LogP contribution in [0.15, 0.2) is 78.9 Å². The molecule has 0 aliphatic carbocycles. The molecule has 35 heavy (non-hydrogen) atoms. The first-order chi connectivity index (χ1) is 17.0. The summed E-state index contributed by atoms with van der Waals surface area (Å²) in [5, 5.41) is 0. The van der Waals surface area contributed by atoms with Gasteiger partial charge in [-0.3, -0.25) is 0 Å². The Morgan fingerprint density at radius 2 is 1.29 bits per heavy atom. The van der Waals surface area contributed by atoms with E-state index in [0.29, 0.717) is 0 Å². The van der Waals surface area contributed by atoms with Gasteiger partial charge in [0.05, 0.1) is 0 Å². The molecule has 4 aromatic rings. The average molecular weight is 576 g/mol. The van der Waals surface area contributed by atoms with Gasteiger partial charge in [0.15, 0.2) is 0 Å². The van der Waals surface area contributed by atoms with E-state index in [2.05, 4.69) is 122 Å². The van der Waals surface area contributed by atoms with Crippen molar-refractivity contribution in [3.63, 3.8) is 0 Å². The van der Waals surface area contributed by atoms with E-state index < -0.39 is 20.4 Å². The fourth-order valence-electron chi connectivity index (χ4n) is 4.97. The molecule has 0 saturated heterocycles. The van der Waals surface area contributed by atoms with Crippen molar-refractivity contribution in [3.8, 4) is 11.4 Å². The SMILES string of the molecule is Cc1c(N2c3ccccc3N(C)[C@@H]2C)nc(-c2ccccc2)nc1N1c2ccccc2N(C)I1C. The van der Waals surface area contributed by atoms with Crippen LogP contribution in [0.5, 0.6) is 0 Å². The van der Waals surface area contributed by atoms with Crippen molar-refractivity contribution in [1.82, 2.24) is 9.97 Å². The molecule has 3 heterocycles. The van der Waals surface area contributed by atoms with Crippen molar-refractivity contribution in [2.75, 3.05) is 35.1 Å². The van der Waals surface area contributed by atoms with Gasteiger partial charge in [0.1, 0.15) is 0 Å². The van der Waals surface area contributed by atoms with E-state index in [1.54, 1.807) is 0 Å². The molecule has 1 atom stereocenters. The Morgan fingerprint density at radius 1 is 0.714 bits per heavy atom. The van der Waals surface area contributed by atoms with Gasteiger partial charge in [0.2, 0.25) is 0 Å². The molecule has 6 nitrogen and oxygen atoms in total. The van der Waals surface area contributed by atoms with E-state index in [1.807, 2.05) is 6.07 Å². The van der Waals surface area contributed by atoms with Crippen molar-refractivity contribution >= 4 is 54.8 Å². The van der Waals surface area contributed by atoms with Crippen LogP contribution in [0.25, 0.3) is 11.4 Å². The number of aromatic nitrogens is 2. The predicted octanol–water partition coefficient (Wildman–Crippen LogP) is 6.94. The molecule has 6 rings (SSSR count). The molecule has 0 bridgehead atoms. The first-order valence-electron chi connectivity index (χ1n) is 11.8.